The Morgan fingerprint density at radius 1 is 1.21 bits per heavy atom. The Morgan fingerprint density at radius 2 is 1.91 bits per heavy atom. The monoisotopic (exact) mass is 462 g/mol. The highest BCUT2D eigenvalue weighted by atomic mass is 19.3. The van der Waals surface area contributed by atoms with Crippen LogP contribution >= 0.6 is 0 Å². The Bertz CT molecular complexity index is 1230. The zero-order valence-corrected chi connectivity index (χ0v) is 18.6. The smallest absolute Gasteiger partial charge is 0.318 e. The minimum Gasteiger partial charge on any atom is -0.467 e. The summed E-state index contributed by atoms with van der Waals surface area (Å²) in [5, 5.41) is 3.66. The molecule has 0 aliphatic carbocycles. The summed E-state index contributed by atoms with van der Waals surface area (Å²) in [6, 6.07) is 3.21. The second kappa shape index (κ2) is 9.38. The van der Waals surface area contributed by atoms with Gasteiger partial charge in [0.05, 0.1) is 29.6 Å². The number of aryl methyl sites for hydroxylation is 1. The van der Waals surface area contributed by atoms with E-state index in [0.29, 0.717) is 48.3 Å². The van der Waals surface area contributed by atoms with E-state index in [9.17, 15) is 18.0 Å². The van der Waals surface area contributed by atoms with Crippen molar-refractivity contribution >= 4 is 16.7 Å². The minimum absolute atomic E-state index is 0.0260. The average molecular weight is 462 g/mol. The number of ether oxygens (including phenoxy) is 2. The lowest BCUT2D eigenvalue weighted by Gasteiger charge is -2.25. The number of fused-ring (bicyclic) bond motifs is 1. The van der Waals surface area contributed by atoms with Crippen LogP contribution in [0.1, 0.15) is 55.0 Å². The lowest BCUT2D eigenvalue weighted by atomic mass is 10.0. The number of nitrogens with one attached hydrogen (secondary N) is 1. The molecule has 1 atom stereocenters. The molecular weight excluding hydrogens is 437 g/mol. The Morgan fingerprint density at radius 3 is 2.58 bits per heavy atom. The molecule has 1 aromatic carbocycles. The molecule has 0 radical (unpaired) electrons. The molecule has 0 spiro atoms. The van der Waals surface area contributed by atoms with Crippen molar-refractivity contribution in [2.45, 2.75) is 45.2 Å². The van der Waals surface area contributed by atoms with Crippen LogP contribution in [0.4, 0.5) is 19.0 Å². The summed E-state index contributed by atoms with van der Waals surface area (Å²) in [6.07, 6.45) is 0.175. The van der Waals surface area contributed by atoms with Crippen molar-refractivity contribution in [3.05, 3.63) is 57.3 Å². The number of benzene rings is 1. The van der Waals surface area contributed by atoms with Gasteiger partial charge in [-0.3, -0.25) is 4.79 Å². The predicted octanol–water partition coefficient (Wildman–Crippen LogP) is 4.71. The molecule has 1 saturated heterocycles. The van der Waals surface area contributed by atoms with E-state index in [1.54, 1.807) is 24.6 Å². The molecule has 1 aliphatic heterocycles. The van der Waals surface area contributed by atoms with Gasteiger partial charge in [0.2, 0.25) is 0 Å². The van der Waals surface area contributed by atoms with Gasteiger partial charge in [-0.15, -0.1) is 0 Å². The standard InChI is InChI=1S/C23H25F3N4O3/c1-12-19-17(11-30(22(12)31)14-7-9-33-10-8-14)21(29-23(28-19)32-3)27-13(2)15-5-4-6-16(18(15)24)20(25)26/h4-6,11,13-14,20H,7-10H2,1-3H3,(H,27,28,29)/t13-/m1/s1. The molecule has 0 unspecified atom stereocenters. The maximum atomic E-state index is 14.7. The highest BCUT2D eigenvalue weighted by molar-refractivity contribution is 5.90. The number of alkyl halides is 2. The number of pyridine rings is 1. The van der Waals surface area contributed by atoms with Crippen LogP contribution in [-0.2, 0) is 4.74 Å². The van der Waals surface area contributed by atoms with Gasteiger partial charge in [-0.1, -0.05) is 18.2 Å². The van der Waals surface area contributed by atoms with Gasteiger partial charge in [0.1, 0.15) is 11.6 Å². The average Bonchev–Trinajstić information content (AvgIpc) is 2.81. The van der Waals surface area contributed by atoms with E-state index in [1.807, 2.05) is 0 Å². The molecule has 33 heavy (non-hydrogen) atoms. The van der Waals surface area contributed by atoms with Gasteiger partial charge in [-0.2, -0.15) is 9.97 Å². The fraction of sp³-hybridized carbons (Fsp3) is 0.435. The molecular formula is C23H25F3N4O3. The first-order chi connectivity index (χ1) is 15.8. The van der Waals surface area contributed by atoms with E-state index < -0.39 is 23.8 Å². The summed E-state index contributed by atoms with van der Waals surface area (Å²) in [5.41, 5.74) is 0.0984. The summed E-state index contributed by atoms with van der Waals surface area (Å²) < 4.78 is 53.4. The van der Waals surface area contributed by atoms with E-state index in [-0.39, 0.29) is 23.2 Å². The second-order valence-electron chi connectivity index (χ2n) is 8.05. The van der Waals surface area contributed by atoms with Gasteiger partial charge >= 0.3 is 6.01 Å². The predicted molar refractivity (Wildman–Crippen MR) is 118 cm³/mol. The third-order valence-corrected chi connectivity index (χ3v) is 5.98. The maximum absolute atomic E-state index is 14.7. The minimum atomic E-state index is -2.92. The molecule has 4 rings (SSSR count). The number of nitrogens with zero attached hydrogens (tertiary/aromatic N) is 3. The number of aromatic nitrogens is 3. The Hall–Kier alpha value is -3.14. The van der Waals surface area contributed by atoms with E-state index in [2.05, 4.69) is 15.3 Å². The Balaban J connectivity index is 1.82. The first-order valence-electron chi connectivity index (χ1n) is 10.7. The first kappa shape index (κ1) is 23.0. The molecule has 1 aliphatic rings. The highest BCUT2D eigenvalue weighted by Crippen LogP contribution is 2.32. The number of halogens is 3. The second-order valence-corrected chi connectivity index (χ2v) is 8.05. The normalized spacial score (nSPS) is 15.7. The number of rotatable bonds is 6. The fourth-order valence-corrected chi connectivity index (χ4v) is 4.14. The third-order valence-electron chi connectivity index (χ3n) is 5.98. The van der Waals surface area contributed by atoms with Crippen LogP contribution in [0.15, 0.2) is 29.2 Å². The fourth-order valence-electron chi connectivity index (χ4n) is 4.14. The van der Waals surface area contributed by atoms with Gasteiger partial charge in [0, 0.05) is 36.6 Å². The summed E-state index contributed by atoms with van der Waals surface area (Å²) >= 11 is 0. The van der Waals surface area contributed by atoms with Gasteiger partial charge in [-0.05, 0) is 26.7 Å². The number of anilines is 1. The Labute approximate surface area is 188 Å². The molecule has 2 aromatic heterocycles. The zero-order chi connectivity index (χ0) is 23.7. The van der Waals surface area contributed by atoms with E-state index in [4.69, 9.17) is 9.47 Å². The van der Waals surface area contributed by atoms with Crippen molar-refractivity contribution in [3.63, 3.8) is 0 Å². The van der Waals surface area contributed by atoms with Crippen LogP contribution in [0.3, 0.4) is 0 Å². The molecule has 0 bridgehead atoms. The van der Waals surface area contributed by atoms with Gasteiger partial charge in [0.25, 0.3) is 12.0 Å². The van der Waals surface area contributed by atoms with Crippen LogP contribution in [0.25, 0.3) is 10.9 Å². The Kier molecular flexibility index (Phi) is 6.55. The molecule has 0 saturated carbocycles. The van der Waals surface area contributed by atoms with Crippen LogP contribution in [0, 0.1) is 12.7 Å². The van der Waals surface area contributed by atoms with Crippen molar-refractivity contribution in [2.75, 3.05) is 25.6 Å². The first-order valence-corrected chi connectivity index (χ1v) is 10.7. The largest absolute Gasteiger partial charge is 0.467 e. The molecule has 176 valence electrons. The maximum Gasteiger partial charge on any atom is 0.318 e. The zero-order valence-electron chi connectivity index (χ0n) is 18.6. The molecule has 3 aromatic rings. The van der Waals surface area contributed by atoms with E-state index >= 15 is 0 Å². The third kappa shape index (κ3) is 4.39. The topological polar surface area (TPSA) is 78.3 Å². The van der Waals surface area contributed by atoms with Crippen LogP contribution in [0.5, 0.6) is 6.01 Å². The van der Waals surface area contributed by atoms with Crippen molar-refractivity contribution in [3.8, 4) is 6.01 Å². The molecule has 0 amide bonds. The highest BCUT2D eigenvalue weighted by Gasteiger charge is 2.23. The lowest BCUT2D eigenvalue weighted by Crippen LogP contribution is -2.30. The summed E-state index contributed by atoms with van der Waals surface area (Å²) in [4.78, 5) is 21.8. The van der Waals surface area contributed by atoms with Gasteiger partial charge < -0.3 is 19.4 Å². The number of hydrogen-bond donors (Lipinski definition) is 1. The number of methoxy groups -OCH3 is 1. The van der Waals surface area contributed by atoms with Crippen LogP contribution in [0.2, 0.25) is 0 Å². The van der Waals surface area contributed by atoms with Crippen molar-refractivity contribution < 1.29 is 22.6 Å². The number of hydrogen-bond acceptors (Lipinski definition) is 6. The summed E-state index contributed by atoms with van der Waals surface area (Å²) in [6.45, 7) is 4.46. The van der Waals surface area contributed by atoms with Crippen LogP contribution < -0.4 is 15.6 Å². The molecule has 7 nitrogen and oxygen atoms in total. The van der Waals surface area contributed by atoms with E-state index in [0.717, 1.165) is 6.07 Å². The summed E-state index contributed by atoms with van der Waals surface area (Å²) in [7, 11) is 1.40. The van der Waals surface area contributed by atoms with E-state index in [1.165, 1.54) is 19.2 Å². The van der Waals surface area contributed by atoms with Gasteiger partial charge in [-0.25, -0.2) is 13.2 Å². The van der Waals surface area contributed by atoms with Gasteiger partial charge in [0.15, 0.2) is 0 Å². The van der Waals surface area contributed by atoms with Crippen molar-refractivity contribution in [1.29, 1.82) is 0 Å². The molecule has 1 N–H and O–H groups in total. The molecule has 10 heteroatoms. The van der Waals surface area contributed by atoms with Crippen LogP contribution in [-0.4, -0.2) is 34.9 Å². The summed E-state index contributed by atoms with van der Waals surface area (Å²) in [5.74, 6) is -0.650. The van der Waals surface area contributed by atoms with Crippen molar-refractivity contribution in [1.82, 2.24) is 14.5 Å². The SMILES string of the molecule is COc1nc(N[C@H](C)c2cccc(C(F)F)c2F)c2cn(C3CCOCC3)c(=O)c(C)c2n1. The molecule has 1 fully saturated rings. The quantitative estimate of drug-likeness (QED) is 0.572. The van der Waals surface area contributed by atoms with Crippen molar-refractivity contribution in [2.24, 2.45) is 0 Å². The molecule has 3 heterocycles. The lowest BCUT2D eigenvalue weighted by molar-refractivity contribution is 0.0687.